The summed E-state index contributed by atoms with van der Waals surface area (Å²) in [5, 5.41) is 18.3. The molecule has 0 bridgehead atoms. The molecular weight excluding hydrogens is 278 g/mol. The van der Waals surface area contributed by atoms with E-state index in [1.54, 1.807) is 0 Å². The van der Waals surface area contributed by atoms with Gasteiger partial charge in [-0.15, -0.1) is 0 Å². The summed E-state index contributed by atoms with van der Waals surface area (Å²) < 4.78 is 5.50. The van der Waals surface area contributed by atoms with Gasteiger partial charge in [0.1, 0.15) is 6.04 Å². The van der Waals surface area contributed by atoms with E-state index in [0.29, 0.717) is 6.61 Å². The van der Waals surface area contributed by atoms with E-state index in [4.69, 9.17) is 9.84 Å². The molecule has 0 radical (unpaired) electrons. The fraction of sp³-hybridized carbons (Fsp3) is 0.786. The van der Waals surface area contributed by atoms with Crippen LogP contribution in [0, 0.1) is 5.92 Å². The Kier molecular flexibility index (Phi) is 5.17. The van der Waals surface area contributed by atoms with E-state index >= 15 is 0 Å². The Balaban J connectivity index is 2.01. The predicted molar refractivity (Wildman–Crippen MR) is 71.7 cm³/mol. The van der Waals surface area contributed by atoms with Gasteiger partial charge in [0.2, 0.25) is 5.91 Å². The number of hydrogen-bond acceptors (Lipinski definition) is 4. The van der Waals surface area contributed by atoms with Crippen LogP contribution in [0.3, 0.4) is 0 Å². The highest BCUT2D eigenvalue weighted by molar-refractivity contribution is 5.85. The van der Waals surface area contributed by atoms with Crippen LogP contribution in [-0.4, -0.2) is 58.3 Å². The maximum atomic E-state index is 12.3. The second-order valence-electron chi connectivity index (χ2n) is 5.71. The molecule has 0 aromatic heterocycles. The van der Waals surface area contributed by atoms with E-state index in [-0.39, 0.29) is 37.8 Å². The van der Waals surface area contributed by atoms with Crippen molar-refractivity contribution in [1.29, 1.82) is 0 Å². The molecule has 21 heavy (non-hydrogen) atoms. The lowest BCUT2D eigenvalue weighted by Gasteiger charge is -2.37. The second kappa shape index (κ2) is 6.89. The van der Waals surface area contributed by atoms with Gasteiger partial charge in [0.15, 0.2) is 0 Å². The Morgan fingerprint density at radius 1 is 1.05 bits per heavy atom. The van der Waals surface area contributed by atoms with Gasteiger partial charge in [-0.05, 0) is 32.1 Å². The number of carbonyl (C=O) groups is 3. The first-order chi connectivity index (χ1) is 9.99. The molecule has 3 unspecified atom stereocenters. The molecule has 2 N–H and O–H groups in total. The van der Waals surface area contributed by atoms with Crippen molar-refractivity contribution < 1.29 is 29.3 Å². The summed E-state index contributed by atoms with van der Waals surface area (Å²) in [6.45, 7) is 0.593. The Bertz CT molecular complexity index is 418. The van der Waals surface area contributed by atoms with Crippen LogP contribution < -0.4 is 0 Å². The average Bonchev–Trinajstić information content (AvgIpc) is 2.47. The Morgan fingerprint density at radius 2 is 1.81 bits per heavy atom. The summed E-state index contributed by atoms with van der Waals surface area (Å²) in [5.41, 5.74) is 0. The molecule has 2 aliphatic rings. The third-order valence-corrected chi connectivity index (χ3v) is 4.21. The molecule has 2 aliphatic heterocycles. The van der Waals surface area contributed by atoms with E-state index in [1.807, 2.05) is 0 Å². The maximum absolute atomic E-state index is 12.3. The Hall–Kier alpha value is -1.63. The van der Waals surface area contributed by atoms with Gasteiger partial charge in [0, 0.05) is 13.2 Å². The summed E-state index contributed by atoms with van der Waals surface area (Å²) in [6.07, 6.45) is 3.20. The molecule has 2 fully saturated rings. The molecule has 3 atom stereocenters. The number of aliphatic carboxylic acids is 2. The third-order valence-electron chi connectivity index (χ3n) is 4.21. The van der Waals surface area contributed by atoms with Gasteiger partial charge in [-0.2, -0.15) is 0 Å². The average molecular weight is 299 g/mol. The quantitative estimate of drug-likeness (QED) is 0.792. The molecule has 2 saturated heterocycles. The number of carboxylic acids is 2. The third kappa shape index (κ3) is 3.93. The molecule has 0 aliphatic carbocycles. The second-order valence-corrected chi connectivity index (χ2v) is 5.71. The van der Waals surface area contributed by atoms with Crippen LogP contribution in [0.2, 0.25) is 0 Å². The normalized spacial score (nSPS) is 29.9. The van der Waals surface area contributed by atoms with E-state index in [0.717, 1.165) is 19.3 Å². The van der Waals surface area contributed by atoms with Crippen LogP contribution in [0.4, 0.5) is 0 Å². The lowest BCUT2D eigenvalue weighted by atomic mass is 9.92. The number of likely N-dealkylation sites (tertiary alicyclic amines) is 1. The number of amides is 1. The molecule has 7 nitrogen and oxygen atoms in total. The van der Waals surface area contributed by atoms with Crippen molar-refractivity contribution in [1.82, 2.24) is 4.90 Å². The first-order valence-corrected chi connectivity index (χ1v) is 7.35. The van der Waals surface area contributed by atoms with Gasteiger partial charge in [-0.25, -0.2) is 4.79 Å². The maximum Gasteiger partial charge on any atom is 0.326 e. The number of nitrogens with zero attached hydrogens (tertiary/aromatic N) is 1. The van der Waals surface area contributed by atoms with E-state index in [9.17, 15) is 19.5 Å². The highest BCUT2D eigenvalue weighted by Gasteiger charge is 2.38. The van der Waals surface area contributed by atoms with Crippen LogP contribution in [0.5, 0.6) is 0 Å². The molecule has 0 spiro atoms. The molecule has 7 heteroatoms. The standard InChI is InChI=1S/C14H21NO6/c16-12(7-10-3-1-2-6-21-10)15-8-9(13(17)18)4-5-11(15)14(19)20/h9-11H,1-8H2,(H,17,18)(H,19,20). The molecule has 0 aromatic carbocycles. The van der Waals surface area contributed by atoms with Crippen molar-refractivity contribution in [3.63, 3.8) is 0 Å². The van der Waals surface area contributed by atoms with Crippen molar-refractivity contribution in [3.05, 3.63) is 0 Å². The molecule has 1 amide bonds. The van der Waals surface area contributed by atoms with Crippen molar-refractivity contribution >= 4 is 17.8 Å². The minimum absolute atomic E-state index is 0.0299. The monoisotopic (exact) mass is 299 g/mol. The fourth-order valence-electron chi connectivity index (χ4n) is 2.99. The van der Waals surface area contributed by atoms with Crippen molar-refractivity contribution in [2.24, 2.45) is 5.92 Å². The number of rotatable bonds is 4. The minimum atomic E-state index is -1.07. The number of hydrogen-bond donors (Lipinski definition) is 2. The summed E-state index contributed by atoms with van der Waals surface area (Å²) in [5.74, 6) is -3.06. The van der Waals surface area contributed by atoms with Crippen LogP contribution in [0.25, 0.3) is 0 Å². The van der Waals surface area contributed by atoms with Crippen LogP contribution in [0.1, 0.15) is 38.5 Å². The van der Waals surface area contributed by atoms with Gasteiger partial charge in [0.25, 0.3) is 0 Å². The Morgan fingerprint density at radius 3 is 2.38 bits per heavy atom. The van der Waals surface area contributed by atoms with Crippen molar-refractivity contribution in [3.8, 4) is 0 Å². The summed E-state index contributed by atoms with van der Waals surface area (Å²) >= 11 is 0. The van der Waals surface area contributed by atoms with Gasteiger partial charge in [0.05, 0.1) is 18.4 Å². The number of carboxylic acid groups (broad SMARTS) is 2. The molecule has 2 heterocycles. The highest BCUT2D eigenvalue weighted by atomic mass is 16.5. The summed E-state index contributed by atoms with van der Waals surface area (Å²) in [6, 6.07) is -0.920. The van der Waals surface area contributed by atoms with Crippen LogP contribution >= 0.6 is 0 Å². The number of carbonyl (C=O) groups excluding carboxylic acids is 1. The van der Waals surface area contributed by atoms with E-state index in [2.05, 4.69) is 0 Å². The zero-order valence-electron chi connectivity index (χ0n) is 11.9. The SMILES string of the molecule is O=C(O)C1CCC(C(=O)O)N(C(=O)CC2CCCCO2)C1. The number of piperidine rings is 1. The summed E-state index contributed by atoms with van der Waals surface area (Å²) in [4.78, 5) is 35.9. The topological polar surface area (TPSA) is 104 Å². The smallest absolute Gasteiger partial charge is 0.326 e. The fourth-order valence-corrected chi connectivity index (χ4v) is 2.99. The Labute approximate surface area is 122 Å². The zero-order chi connectivity index (χ0) is 15.4. The summed E-state index contributed by atoms with van der Waals surface area (Å²) in [7, 11) is 0. The lowest BCUT2D eigenvalue weighted by molar-refractivity contribution is -0.158. The van der Waals surface area contributed by atoms with Gasteiger partial charge >= 0.3 is 11.9 Å². The van der Waals surface area contributed by atoms with Crippen molar-refractivity contribution in [2.45, 2.75) is 50.7 Å². The minimum Gasteiger partial charge on any atom is -0.481 e. The van der Waals surface area contributed by atoms with Gasteiger partial charge in [-0.3, -0.25) is 9.59 Å². The van der Waals surface area contributed by atoms with Crippen molar-refractivity contribution in [2.75, 3.05) is 13.2 Å². The molecule has 2 rings (SSSR count). The predicted octanol–water partition coefficient (Wildman–Crippen LogP) is 0.722. The number of ether oxygens (including phenoxy) is 1. The first kappa shape index (κ1) is 15.8. The van der Waals surface area contributed by atoms with Gasteiger partial charge < -0.3 is 19.8 Å². The molecule has 118 valence electrons. The molecule has 0 aromatic rings. The zero-order valence-corrected chi connectivity index (χ0v) is 11.9. The van der Waals surface area contributed by atoms with Crippen LogP contribution in [-0.2, 0) is 19.1 Å². The molecular formula is C14H21NO6. The first-order valence-electron chi connectivity index (χ1n) is 7.35. The van der Waals surface area contributed by atoms with Gasteiger partial charge in [-0.1, -0.05) is 0 Å². The largest absolute Gasteiger partial charge is 0.481 e. The highest BCUT2D eigenvalue weighted by Crippen LogP contribution is 2.25. The van der Waals surface area contributed by atoms with Crippen LogP contribution in [0.15, 0.2) is 0 Å². The van der Waals surface area contributed by atoms with E-state index in [1.165, 1.54) is 4.90 Å². The van der Waals surface area contributed by atoms with E-state index < -0.39 is 23.9 Å². The molecule has 0 saturated carbocycles. The lowest BCUT2D eigenvalue weighted by Crippen LogP contribution is -2.52.